The number of nitrogens with zero attached hydrogens (tertiary/aromatic N) is 8. The van der Waals surface area contributed by atoms with E-state index < -0.39 is 0 Å². The maximum Gasteiger partial charge on any atom is 0.153 e. The largest absolute Gasteiger partial charge is 0.383 e. The molecule has 7 heterocycles. The van der Waals surface area contributed by atoms with Gasteiger partial charge in [0.25, 0.3) is 0 Å². The van der Waals surface area contributed by atoms with Crippen LogP contribution in [0.3, 0.4) is 0 Å². The van der Waals surface area contributed by atoms with Crippen molar-refractivity contribution in [2.24, 2.45) is 0 Å². The lowest BCUT2D eigenvalue weighted by Gasteiger charge is -2.24. The quantitative estimate of drug-likeness (QED) is 0.335. The van der Waals surface area contributed by atoms with Gasteiger partial charge in [-0.1, -0.05) is 0 Å². The van der Waals surface area contributed by atoms with E-state index in [2.05, 4.69) is 47.3 Å². The summed E-state index contributed by atoms with van der Waals surface area (Å²) in [6, 6.07) is 8.39. The van der Waals surface area contributed by atoms with Crippen LogP contribution >= 0.6 is 0 Å². The van der Waals surface area contributed by atoms with Crippen LogP contribution in [-0.2, 0) is 19.5 Å². The Kier molecular flexibility index (Phi) is 5.00. The molecule has 0 aromatic carbocycles. The van der Waals surface area contributed by atoms with Crippen molar-refractivity contribution in [3.63, 3.8) is 0 Å². The maximum absolute atomic E-state index is 9.52. The molecule has 7 rings (SSSR count). The number of anilines is 4. The molecule has 0 spiro atoms. The topological polar surface area (TPSA) is 148 Å². The van der Waals surface area contributed by atoms with Crippen LogP contribution in [0.5, 0.6) is 0 Å². The second-order valence-electron chi connectivity index (χ2n) is 9.73. The van der Waals surface area contributed by atoms with Crippen molar-refractivity contribution in [1.29, 1.82) is 5.26 Å². The van der Waals surface area contributed by atoms with E-state index in [4.69, 9.17) is 10.8 Å². The lowest BCUT2D eigenvalue weighted by atomic mass is 9.93. The van der Waals surface area contributed by atoms with Crippen LogP contribution in [0.1, 0.15) is 35.1 Å². The number of imidazole rings is 1. The van der Waals surface area contributed by atoms with Crippen LogP contribution in [-0.4, -0.2) is 40.8 Å². The Balaban J connectivity index is 1.22. The number of aryl methyl sites for hydroxylation is 2. The van der Waals surface area contributed by atoms with Crippen molar-refractivity contribution in [2.75, 3.05) is 22.9 Å². The summed E-state index contributed by atoms with van der Waals surface area (Å²) in [6.45, 7) is 4.29. The summed E-state index contributed by atoms with van der Waals surface area (Å²) in [7, 11) is 0. The van der Waals surface area contributed by atoms with E-state index in [1.165, 1.54) is 0 Å². The molecule has 11 heteroatoms. The van der Waals surface area contributed by atoms with Gasteiger partial charge in [0.1, 0.15) is 17.5 Å². The summed E-state index contributed by atoms with van der Waals surface area (Å²) < 4.78 is 4.16. The highest BCUT2D eigenvalue weighted by atomic mass is 15.3. The second-order valence-corrected chi connectivity index (χ2v) is 9.73. The first-order valence-electron chi connectivity index (χ1n) is 12.6. The van der Waals surface area contributed by atoms with Crippen molar-refractivity contribution >= 4 is 33.9 Å². The van der Waals surface area contributed by atoms with Gasteiger partial charge in [0.05, 0.1) is 35.6 Å². The van der Waals surface area contributed by atoms with Gasteiger partial charge in [0, 0.05) is 67.0 Å². The fourth-order valence-corrected chi connectivity index (χ4v) is 5.40. The Morgan fingerprint density at radius 1 is 1.16 bits per heavy atom. The highest BCUT2D eigenvalue weighted by molar-refractivity contribution is 5.95. The molecule has 1 unspecified atom stereocenters. The van der Waals surface area contributed by atoms with Gasteiger partial charge in [-0.3, -0.25) is 9.67 Å². The van der Waals surface area contributed by atoms with Crippen molar-refractivity contribution in [3.8, 4) is 17.3 Å². The van der Waals surface area contributed by atoms with Gasteiger partial charge in [-0.25, -0.2) is 15.0 Å². The zero-order chi connectivity index (χ0) is 25.8. The van der Waals surface area contributed by atoms with Crippen LogP contribution in [0.4, 0.5) is 23.1 Å². The first kappa shape index (κ1) is 22.2. The lowest BCUT2D eigenvalue weighted by molar-refractivity contribution is 0.641. The number of rotatable bonds is 3. The van der Waals surface area contributed by atoms with E-state index in [0.29, 0.717) is 18.2 Å². The molecule has 11 nitrogen and oxygen atoms in total. The number of nitrogens with one attached hydrogen (secondary N) is 2. The van der Waals surface area contributed by atoms with E-state index in [1.54, 1.807) is 12.4 Å². The summed E-state index contributed by atoms with van der Waals surface area (Å²) in [5, 5.41) is 22.7. The number of pyridine rings is 3. The number of aromatic nitrogens is 7. The van der Waals surface area contributed by atoms with Gasteiger partial charge >= 0.3 is 0 Å². The summed E-state index contributed by atoms with van der Waals surface area (Å²) in [5.74, 6) is 2.61. The van der Waals surface area contributed by atoms with Gasteiger partial charge < -0.3 is 20.9 Å². The Bertz CT molecular complexity index is 1760. The highest BCUT2D eigenvalue weighted by Gasteiger charge is 2.25. The van der Waals surface area contributed by atoms with Crippen LogP contribution in [0, 0.1) is 18.3 Å². The molecule has 5 aromatic rings. The molecule has 5 aromatic heterocycles. The van der Waals surface area contributed by atoms with E-state index in [-0.39, 0.29) is 5.92 Å². The predicted octanol–water partition coefficient (Wildman–Crippen LogP) is 3.75. The Morgan fingerprint density at radius 3 is 2.97 bits per heavy atom. The lowest BCUT2D eigenvalue weighted by Crippen LogP contribution is -2.18. The van der Waals surface area contributed by atoms with Gasteiger partial charge in [-0.05, 0) is 36.4 Å². The third-order valence-corrected chi connectivity index (χ3v) is 7.43. The van der Waals surface area contributed by atoms with Crippen molar-refractivity contribution < 1.29 is 0 Å². The number of nitrogens with two attached hydrogens (primary N) is 1. The zero-order valence-corrected chi connectivity index (χ0v) is 20.8. The van der Waals surface area contributed by atoms with E-state index in [0.717, 1.165) is 82.2 Å². The molecule has 0 saturated heterocycles. The molecular weight excluding hydrogens is 478 g/mol. The van der Waals surface area contributed by atoms with E-state index >= 15 is 0 Å². The number of hydrogen-bond acceptors (Lipinski definition) is 9. The average molecular weight is 504 g/mol. The van der Waals surface area contributed by atoms with Crippen LogP contribution in [0.25, 0.3) is 22.0 Å². The summed E-state index contributed by atoms with van der Waals surface area (Å²) in [5.41, 5.74) is 11.8. The Hall–Kier alpha value is -4.98. The van der Waals surface area contributed by atoms with Crippen LogP contribution < -0.4 is 16.4 Å². The van der Waals surface area contributed by atoms with Crippen molar-refractivity contribution in [2.45, 2.75) is 38.8 Å². The molecule has 0 aliphatic carbocycles. The first-order chi connectivity index (χ1) is 18.6. The van der Waals surface area contributed by atoms with Crippen LogP contribution in [0.15, 0.2) is 43.0 Å². The molecule has 188 valence electrons. The minimum Gasteiger partial charge on any atom is -0.383 e. The van der Waals surface area contributed by atoms with Crippen LogP contribution in [0.2, 0.25) is 0 Å². The number of fused-ring (bicyclic) bond motifs is 4. The minimum absolute atomic E-state index is 0.201. The van der Waals surface area contributed by atoms with Gasteiger partial charge in [-0.15, -0.1) is 0 Å². The molecular formula is C27H25N11. The molecule has 0 fully saturated rings. The third-order valence-electron chi connectivity index (χ3n) is 7.43. The molecule has 2 aliphatic heterocycles. The number of nitrogen functional groups attached to an aromatic ring is 1. The Morgan fingerprint density at radius 2 is 2.08 bits per heavy atom. The number of hydrogen-bond donors (Lipinski definition) is 3. The molecule has 2 aliphatic rings. The van der Waals surface area contributed by atoms with E-state index in [9.17, 15) is 5.26 Å². The molecule has 0 saturated carbocycles. The fraction of sp³-hybridized carbons (Fsp3) is 0.259. The molecule has 4 N–H and O–H groups in total. The van der Waals surface area contributed by atoms with Gasteiger partial charge in [0.15, 0.2) is 5.82 Å². The standard InChI is InChI=1S/C27H25N11/c1-15-19(12-33-26-16(11-28)2-4-31-25(15)26)21-8-17-9-22(32-13-20(17)27(29)34-21)35-23-10-18-3-6-37-7-5-30-24(37)14-38(18)36-23/h5,7-10,12-13,16,31H,2-4,6,14H2,1H3,(H2,29,34)(H,32,35,36). The fourth-order valence-electron chi connectivity index (χ4n) is 5.40. The normalized spacial score (nSPS) is 16.1. The summed E-state index contributed by atoms with van der Waals surface area (Å²) in [6.07, 6.45) is 9.01. The first-order valence-corrected chi connectivity index (χ1v) is 12.6. The SMILES string of the molecule is Cc1c(-c2cc3cc(Nc4cc5n(n4)Cc4nccn4CC5)ncc3c(N)n2)cnc2c1NCCC2C#N. The summed E-state index contributed by atoms with van der Waals surface area (Å²) in [4.78, 5) is 18.3. The highest BCUT2D eigenvalue weighted by Crippen LogP contribution is 2.37. The Labute approximate surface area is 218 Å². The minimum atomic E-state index is -0.201. The average Bonchev–Trinajstić information content (AvgIpc) is 3.49. The third kappa shape index (κ3) is 3.61. The summed E-state index contributed by atoms with van der Waals surface area (Å²) >= 11 is 0. The zero-order valence-electron chi connectivity index (χ0n) is 20.8. The molecule has 0 bridgehead atoms. The van der Waals surface area contributed by atoms with Crippen molar-refractivity contribution in [3.05, 3.63) is 65.8 Å². The number of nitriles is 1. The molecule has 38 heavy (non-hydrogen) atoms. The molecule has 1 atom stereocenters. The monoisotopic (exact) mass is 503 g/mol. The smallest absolute Gasteiger partial charge is 0.153 e. The second kappa shape index (κ2) is 8.55. The van der Waals surface area contributed by atoms with Crippen molar-refractivity contribution in [1.82, 2.24) is 34.3 Å². The van der Waals surface area contributed by atoms with Gasteiger partial charge in [0.2, 0.25) is 0 Å². The molecule has 0 amide bonds. The van der Waals surface area contributed by atoms with E-state index in [1.807, 2.05) is 36.1 Å². The maximum atomic E-state index is 9.52. The predicted molar refractivity (Wildman–Crippen MR) is 144 cm³/mol. The van der Waals surface area contributed by atoms with Gasteiger partial charge in [-0.2, -0.15) is 10.4 Å². The molecule has 0 radical (unpaired) electrons.